The Morgan fingerprint density at radius 2 is 2.30 bits per heavy atom. The molecule has 2 nitrogen and oxygen atoms in total. The first kappa shape index (κ1) is 6.10. The van der Waals surface area contributed by atoms with Crippen LogP contribution in [0.2, 0.25) is 0 Å². The number of hydrogen-bond donors (Lipinski definition) is 1. The maximum atomic E-state index is 11.0. The fourth-order valence-corrected chi connectivity index (χ4v) is 1.95. The zero-order valence-electron chi connectivity index (χ0n) is 5.66. The van der Waals surface area contributed by atoms with Gasteiger partial charge in [-0.25, -0.2) is 0 Å². The molecule has 2 aliphatic carbocycles. The number of fused-ring (bicyclic) bond motifs is 1. The molecule has 3 atom stereocenters. The van der Waals surface area contributed by atoms with Crippen molar-refractivity contribution in [2.75, 3.05) is 0 Å². The molecule has 2 heteroatoms. The van der Waals surface area contributed by atoms with E-state index in [1.54, 1.807) is 6.08 Å². The average Bonchev–Trinajstić information content (AvgIpc) is 2.40. The molecule has 10 heavy (non-hydrogen) atoms. The zero-order chi connectivity index (χ0) is 7.14. The number of ketones is 1. The van der Waals surface area contributed by atoms with Crippen LogP contribution in [0.1, 0.15) is 12.8 Å². The topological polar surface area (TPSA) is 37.3 Å². The minimum Gasteiger partial charge on any atom is -0.392 e. The van der Waals surface area contributed by atoms with E-state index in [0.717, 1.165) is 12.8 Å². The Bertz CT molecular complexity index is 195. The third kappa shape index (κ3) is 0.655. The molecule has 0 heterocycles. The predicted molar refractivity (Wildman–Crippen MR) is 36.4 cm³/mol. The molecule has 2 rings (SSSR count). The Hall–Kier alpha value is -0.630. The van der Waals surface area contributed by atoms with Gasteiger partial charge < -0.3 is 5.11 Å². The lowest BCUT2D eigenvalue weighted by molar-refractivity contribution is -0.120. The number of rotatable bonds is 0. The molecule has 1 fully saturated rings. The first-order valence-electron chi connectivity index (χ1n) is 3.69. The van der Waals surface area contributed by atoms with Crippen LogP contribution in [0.25, 0.3) is 0 Å². The maximum absolute atomic E-state index is 11.0. The summed E-state index contributed by atoms with van der Waals surface area (Å²) in [5.74, 6) is 0.387. The normalized spacial score (nSPS) is 44.5. The SMILES string of the molecule is O=C1C=C[C@H]2CC[C@@H](O)[C@@H]12. The van der Waals surface area contributed by atoms with Crippen LogP contribution in [0, 0.1) is 11.8 Å². The number of aliphatic hydroxyl groups excluding tert-OH is 1. The molecule has 0 bridgehead atoms. The molecule has 0 saturated heterocycles. The quantitative estimate of drug-likeness (QED) is 0.529. The molecular formula is C8H10O2. The fraction of sp³-hybridized carbons (Fsp3) is 0.625. The summed E-state index contributed by atoms with van der Waals surface area (Å²) in [6.45, 7) is 0. The second kappa shape index (κ2) is 1.92. The number of carbonyl (C=O) groups is 1. The Kier molecular flexibility index (Phi) is 1.17. The molecular weight excluding hydrogens is 128 g/mol. The molecule has 0 aromatic carbocycles. The maximum Gasteiger partial charge on any atom is 0.161 e. The van der Waals surface area contributed by atoms with Crippen LogP contribution in [0.4, 0.5) is 0 Å². The first-order valence-corrected chi connectivity index (χ1v) is 3.69. The van der Waals surface area contributed by atoms with Crippen LogP contribution in [0.15, 0.2) is 12.2 Å². The van der Waals surface area contributed by atoms with Gasteiger partial charge in [0.2, 0.25) is 0 Å². The summed E-state index contributed by atoms with van der Waals surface area (Å²) in [6, 6.07) is 0. The van der Waals surface area contributed by atoms with Crippen molar-refractivity contribution in [1.82, 2.24) is 0 Å². The Morgan fingerprint density at radius 1 is 1.50 bits per heavy atom. The van der Waals surface area contributed by atoms with Crippen molar-refractivity contribution >= 4 is 5.78 Å². The second-order valence-electron chi connectivity index (χ2n) is 3.10. The summed E-state index contributed by atoms with van der Waals surface area (Å²) in [7, 11) is 0. The lowest BCUT2D eigenvalue weighted by atomic mass is 9.98. The zero-order valence-corrected chi connectivity index (χ0v) is 5.66. The summed E-state index contributed by atoms with van der Waals surface area (Å²) >= 11 is 0. The molecule has 0 spiro atoms. The van der Waals surface area contributed by atoms with E-state index in [1.807, 2.05) is 6.08 Å². The standard InChI is InChI=1S/C8H10O2/c9-6-3-1-5-2-4-7(10)8(5)6/h1,3,5,7-8,10H,2,4H2/t5-,7+,8+/m0/s1. The molecule has 0 aromatic rings. The Labute approximate surface area is 59.5 Å². The van der Waals surface area contributed by atoms with Crippen molar-refractivity contribution in [3.63, 3.8) is 0 Å². The molecule has 0 amide bonds. The summed E-state index contributed by atoms with van der Waals surface area (Å²) in [6.07, 6.45) is 4.95. The van der Waals surface area contributed by atoms with E-state index in [2.05, 4.69) is 0 Å². The van der Waals surface area contributed by atoms with Crippen LogP contribution in [0.5, 0.6) is 0 Å². The number of allylic oxidation sites excluding steroid dienone is 2. The minimum atomic E-state index is -0.368. The summed E-state index contributed by atoms with van der Waals surface area (Å²) < 4.78 is 0. The van der Waals surface area contributed by atoms with Gasteiger partial charge in [0.1, 0.15) is 0 Å². The number of aliphatic hydroxyl groups is 1. The van der Waals surface area contributed by atoms with Crippen molar-refractivity contribution in [1.29, 1.82) is 0 Å². The van der Waals surface area contributed by atoms with Gasteiger partial charge in [0.15, 0.2) is 5.78 Å². The Balaban J connectivity index is 2.25. The lowest BCUT2D eigenvalue weighted by Crippen LogP contribution is -2.21. The van der Waals surface area contributed by atoms with Crippen molar-refractivity contribution in [2.45, 2.75) is 18.9 Å². The third-order valence-corrected chi connectivity index (χ3v) is 2.51. The molecule has 2 aliphatic rings. The Morgan fingerprint density at radius 3 is 3.00 bits per heavy atom. The summed E-state index contributed by atoms with van der Waals surface area (Å²) in [5.41, 5.74) is 0. The highest BCUT2D eigenvalue weighted by Crippen LogP contribution is 2.37. The van der Waals surface area contributed by atoms with Gasteiger partial charge in [-0.3, -0.25) is 4.79 Å². The highest BCUT2D eigenvalue weighted by Gasteiger charge is 2.40. The summed E-state index contributed by atoms with van der Waals surface area (Å²) in [5, 5.41) is 9.31. The van der Waals surface area contributed by atoms with Gasteiger partial charge in [-0.05, 0) is 24.8 Å². The lowest BCUT2D eigenvalue weighted by Gasteiger charge is -2.09. The minimum absolute atomic E-state index is 0.0833. The first-order chi connectivity index (χ1) is 4.79. The van der Waals surface area contributed by atoms with Gasteiger partial charge in [-0.15, -0.1) is 0 Å². The molecule has 1 N–H and O–H groups in total. The molecule has 0 radical (unpaired) electrons. The molecule has 0 aliphatic heterocycles. The highest BCUT2D eigenvalue weighted by atomic mass is 16.3. The van der Waals surface area contributed by atoms with E-state index in [1.165, 1.54) is 0 Å². The number of hydrogen-bond acceptors (Lipinski definition) is 2. The van der Waals surface area contributed by atoms with Crippen molar-refractivity contribution in [2.24, 2.45) is 11.8 Å². The van der Waals surface area contributed by atoms with Crippen LogP contribution in [-0.2, 0) is 4.79 Å². The van der Waals surface area contributed by atoms with Gasteiger partial charge in [-0.2, -0.15) is 0 Å². The number of carbonyl (C=O) groups excluding carboxylic acids is 1. The fourth-order valence-electron chi connectivity index (χ4n) is 1.95. The van der Waals surface area contributed by atoms with Crippen LogP contribution in [-0.4, -0.2) is 17.0 Å². The van der Waals surface area contributed by atoms with Crippen molar-refractivity contribution < 1.29 is 9.90 Å². The molecule has 1 saturated carbocycles. The van der Waals surface area contributed by atoms with E-state index in [9.17, 15) is 9.90 Å². The van der Waals surface area contributed by atoms with Crippen LogP contribution < -0.4 is 0 Å². The van der Waals surface area contributed by atoms with E-state index in [-0.39, 0.29) is 17.8 Å². The van der Waals surface area contributed by atoms with E-state index < -0.39 is 0 Å². The van der Waals surface area contributed by atoms with E-state index >= 15 is 0 Å². The smallest absolute Gasteiger partial charge is 0.161 e. The average molecular weight is 138 g/mol. The molecule has 0 unspecified atom stereocenters. The largest absolute Gasteiger partial charge is 0.392 e. The van der Waals surface area contributed by atoms with Gasteiger partial charge in [0.05, 0.1) is 12.0 Å². The molecule has 54 valence electrons. The van der Waals surface area contributed by atoms with Crippen molar-refractivity contribution in [3.05, 3.63) is 12.2 Å². The van der Waals surface area contributed by atoms with Gasteiger partial charge in [0.25, 0.3) is 0 Å². The monoisotopic (exact) mass is 138 g/mol. The second-order valence-corrected chi connectivity index (χ2v) is 3.10. The van der Waals surface area contributed by atoms with Crippen LogP contribution in [0.3, 0.4) is 0 Å². The van der Waals surface area contributed by atoms with E-state index in [0.29, 0.717) is 5.92 Å². The highest BCUT2D eigenvalue weighted by molar-refractivity contribution is 5.95. The molecule has 0 aromatic heterocycles. The predicted octanol–water partition coefficient (Wildman–Crippen LogP) is 0.512. The third-order valence-electron chi connectivity index (χ3n) is 2.51. The summed E-state index contributed by atoms with van der Waals surface area (Å²) in [4.78, 5) is 11.0. The van der Waals surface area contributed by atoms with E-state index in [4.69, 9.17) is 0 Å². The van der Waals surface area contributed by atoms with Gasteiger partial charge in [0, 0.05) is 0 Å². The van der Waals surface area contributed by atoms with Crippen molar-refractivity contribution in [3.8, 4) is 0 Å². The van der Waals surface area contributed by atoms with Gasteiger partial charge in [-0.1, -0.05) is 6.08 Å². The van der Waals surface area contributed by atoms with Crippen LogP contribution >= 0.6 is 0 Å². The van der Waals surface area contributed by atoms with Gasteiger partial charge >= 0.3 is 0 Å².